The molecule has 1 aromatic heterocycles. The van der Waals surface area contributed by atoms with Crippen molar-refractivity contribution in [3.05, 3.63) is 36.0 Å². The van der Waals surface area contributed by atoms with Gasteiger partial charge >= 0.3 is 0 Å². The van der Waals surface area contributed by atoms with Crippen molar-refractivity contribution in [3.63, 3.8) is 0 Å². The van der Waals surface area contributed by atoms with Gasteiger partial charge in [-0.25, -0.2) is 8.42 Å². The molecule has 0 N–H and O–H groups in total. The second-order valence-electron chi connectivity index (χ2n) is 4.81. The first-order chi connectivity index (χ1) is 8.45. The maximum atomic E-state index is 12.0. The lowest BCUT2D eigenvalue weighted by Crippen LogP contribution is -2.15. The van der Waals surface area contributed by atoms with Crippen molar-refractivity contribution >= 4 is 20.7 Å². The van der Waals surface area contributed by atoms with Gasteiger partial charge in [-0.15, -0.1) is 0 Å². The third-order valence-corrected chi connectivity index (χ3v) is 5.44. The number of para-hydroxylation sites is 1. The number of benzene rings is 1. The lowest BCUT2D eigenvalue weighted by atomic mass is 10.2. The van der Waals surface area contributed by atoms with Crippen molar-refractivity contribution in [2.45, 2.75) is 38.3 Å². The summed E-state index contributed by atoms with van der Waals surface area (Å²) < 4.78 is 26.2. The Kier molecular flexibility index (Phi) is 3.48. The summed E-state index contributed by atoms with van der Waals surface area (Å²) in [4.78, 5) is 0. The maximum Gasteiger partial charge on any atom is 0.156 e. The molecule has 0 spiro atoms. The molecule has 0 atom stereocenters. The minimum Gasteiger partial charge on any atom is -0.347 e. The number of hydrogen-bond donors (Lipinski definition) is 0. The standard InChI is InChI=1S/C14H19NO2S/c1-4-15-9-12(10-18(16,17)11(2)3)13-7-5-6-8-14(13)15/h5-9,11H,4,10H2,1-3H3. The molecule has 0 aliphatic rings. The van der Waals surface area contributed by atoms with Gasteiger partial charge in [0.1, 0.15) is 0 Å². The summed E-state index contributed by atoms with van der Waals surface area (Å²) in [7, 11) is -3.05. The van der Waals surface area contributed by atoms with E-state index >= 15 is 0 Å². The maximum absolute atomic E-state index is 12.0. The zero-order valence-corrected chi connectivity index (χ0v) is 11.9. The van der Waals surface area contributed by atoms with E-state index < -0.39 is 9.84 Å². The van der Waals surface area contributed by atoms with Crippen LogP contribution in [0.1, 0.15) is 26.3 Å². The average molecular weight is 265 g/mol. The molecule has 3 nitrogen and oxygen atoms in total. The van der Waals surface area contributed by atoms with Gasteiger partial charge in [-0.1, -0.05) is 18.2 Å². The molecule has 2 rings (SSSR count). The van der Waals surface area contributed by atoms with Gasteiger partial charge in [-0.05, 0) is 32.4 Å². The van der Waals surface area contributed by atoms with E-state index in [1.165, 1.54) is 0 Å². The van der Waals surface area contributed by atoms with Crippen LogP contribution >= 0.6 is 0 Å². The summed E-state index contributed by atoms with van der Waals surface area (Å²) in [5, 5.41) is 0.713. The summed E-state index contributed by atoms with van der Waals surface area (Å²) >= 11 is 0. The van der Waals surface area contributed by atoms with Gasteiger partial charge < -0.3 is 4.57 Å². The molecule has 0 saturated carbocycles. The average Bonchev–Trinajstić information content (AvgIpc) is 2.67. The van der Waals surface area contributed by atoms with Gasteiger partial charge in [-0.3, -0.25) is 0 Å². The van der Waals surface area contributed by atoms with E-state index in [-0.39, 0.29) is 11.0 Å². The number of sulfone groups is 1. The zero-order valence-electron chi connectivity index (χ0n) is 11.1. The van der Waals surface area contributed by atoms with E-state index in [9.17, 15) is 8.42 Å². The van der Waals surface area contributed by atoms with Gasteiger partial charge in [0.25, 0.3) is 0 Å². The van der Waals surface area contributed by atoms with Crippen LogP contribution in [0.3, 0.4) is 0 Å². The Morgan fingerprint density at radius 3 is 2.50 bits per heavy atom. The van der Waals surface area contributed by atoms with Crippen LogP contribution in [0.2, 0.25) is 0 Å². The van der Waals surface area contributed by atoms with Crippen LogP contribution in [-0.4, -0.2) is 18.2 Å². The molecular formula is C14H19NO2S. The SMILES string of the molecule is CCn1cc(CS(=O)(=O)C(C)C)c2ccccc21. The van der Waals surface area contributed by atoms with Crippen molar-refractivity contribution in [2.24, 2.45) is 0 Å². The van der Waals surface area contributed by atoms with Gasteiger partial charge in [0.15, 0.2) is 9.84 Å². The van der Waals surface area contributed by atoms with Crippen LogP contribution in [0.5, 0.6) is 0 Å². The fourth-order valence-electron chi connectivity index (χ4n) is 2.08. The number of hydrogen-bond acceptors (Lipinski definition) is 2. The van der Waals surface area contributed by atoms with Crippen LogP contribution in [0.4, 0.5) is 0 Å². The Morgan fingerprint density at radius 1 is 1.22 bits per heavy atom. The predicted molar refractivity (Wildman–Crippen MR) is 75.4 cm³/mol. The minimum absolute atomic E-state index is 0.123. The molecule has 0 amide bonds. The van der Waals surface area contributed by atoms with Crippen molar-refractivity contribution in [1.82, 2.24) is 4.57 Å². The normalized spacial score (nSPS) is 12.4. The molecule has 4 heteroatoms. The quantitative estimate of drug-likeness (QED) is 0.852. The number of aromatic nitrogens is 1. The van der Waals surface area contributed by atoms with E-state index in [2.05, 4.69) is 11.5 Å². The van der Waals surface area contributed by atoms with Crippen molar-refractivity contribution in [2.75, 3.05) is 0 Å². The fraction of sp³-hybridized carbons (Fsp3) is 0.429. The number of nitrogens with zero attached hydrogens (tertiary/aromatic N) is 1. The van der Waals surface area contributed by atoms with Crippen LogP contribution < -0.4 is 0 Å². The first-order valence-electron chi connectivity index (χ1n) is 6.24. The lowest BCUT2D eigenvalue weighted by molar-refractivity contribution is 0.586. The highest BCUT2D eigenvalue weighted by molar-refractivity contribution is 7.91. The molecule has 0 bridgehead atoms. The number of aryl methyl sites for hydroxylation is 1. The molecule has 0 aliphatic carbocycles. The fourth-order valence-corrected chi connectivity index (χ4v) is 3.08. The topological polar surface area (TPSA) is 39.1 Å². The monoisotopic (exact) mass is 265 g/mol. The third-order valence-electron chi connectivity index (χ3n) is 3.29. The molecule has 98 valence electrons. The second-order valence-corrected chi connectivity index (χ2v) is 7.37. The van der Waals surface area contributed by atoms with Crippen molar-refractivity contribution < 1.29 is 8.42 Å². The molecule has 18 heavy (non-hydrogen) atoms. The molecule has 0 aliphatic heterocycles. The van der Waals surface area contributed by atoms with E-state index in [0.29, 0.717) is 0 Å². The molecular weight excluding hydrogens is 246 g/mol. The van der Waals surface area contributed by atoms with Gasteiger partial charge in [0, 0.05) is 23.6 Å². The van der Waals surface area contributed by atoms with Crippen LogP contribution in [0, 0.1) is 0 Å². The van der Waals surface area contributed by atoms with Crippen molar-refractivity contribution in [1.29, 1.82) is 0 Å². The number of fused-ring (bicyclic) bond motifs is 1. The Balaban J connectivity index is 2.53. The smallest absolute Gasteiger partial charge is 0.156 e. The molecule has 2 aromatic rings. The number of rotatable bonds is 4. The van der Waals surface area contributed by atoms with Gasteiger partial charge in [0.2, 0.25) is 0 Å². The first-order valence-corrected chi connectivity index (χ1v) is 7.95. The van der Waals surface area contributed by atoms with Crippen molar-refractivity contribution in [3.8, 4) is 0 Å². The molecule has 0 fully saturated rings. The zero-order chi connectivity index (χ0) is 13.3. The molecule has 1 heterocycles. The predicted octanol–water partition coefficient (Wildman–Crippen LogP) is 2.98. The van der Waals surface area contributed by atoms with Crippen LogP contribution in [-0.2, 0) is 22.1 Å². The highest BCUT2D eigenvalue weighted by Gasteiger charge is 2.19. The van der Waals surface area contributed by atoms with E-state index in [4.69, 9.17) is 0 Å². The van der Waals surface area contributed by atoms with E-state index in [1.54, 1.807) is 13.8 Å². The summed E-state index contributed by atoms with van der Waals surface area (Å²) in [5.74, 6) is 0.123. The minimum atomic E-state index is -3.05. The Hall–Kier alpha value is -1.29. The molecule has 0 saturated heterocycles. The summed E-state index contributed by atoms with van der Waals surface area (Å²) in [6.07, 6.45) is 1.96. The van der Waals surface area contributed by atoms with E-state index in [0.717, 1.165) is 23.0 Å². The van der Waals surface area contributed by atoms with E-state index in [1.807, 2.05) is 30.5 Å². The summed E-state index contributed by atoms with van der Waals surface area (Å²) in [5.41, 5.74) is 2.01. The third kappa shape index (κ3) is 2.29. The Bertz CT molecular complexity index is 653. The summed E-state index contributed by atoms with van der Waals surface area (Å²) in [6.45, 7) is 6.37. The summed E-state index contributed by atoms with van der Waals surface area (Å²) in [6, 6.07) is 7.96. The van der Waals surface area contributed by atoms with Gasteiger partial charge in [0.05, 0.1) is 11.0 Å². The first kappa shape index (κ1) is 13.1. The highest BCUT2D eigenvalue weighted by atomic mass is 32.2. The van der Waals surface area contributed by atoms with Crippen LogP contribution in [0.25, 0.3) is 10.9 Å². The second kappa shape index (κ2) is 4.76. The van der Waals surface area contributed by atoms with Gasteiger partial charge in [-0.2, -0.15) is 0 Å². The van der Waals surface area contributed by atoms with Crippen LogP contribution in [0.15, 0.2) is 30.5 Å². The molecule has 0 radical (unpaired) electrons. The largest absolute Gasteiger partial charge is 0.347 e. The Labute approximate surface area is 108 Å². The Morgan fingerprint density at radius 2 is 1.89 bits per heavy atom. The molecule has 0 unspecified atom stereocenters. The highest BCUT2D eigenvalue weighted by Crippen LogP contribution is 2.24. The molecule has 1 aromatic carbocycles. The lowest BCUT2D eigenvalue weighted by Gasteiger charge is -2.06.